The first-order chi connectivity index (χ1) is 8.66. The molecular formula is C14H22FN3. The Kier molecular flexibility index (Phi) is 4.55. The largest absolute Gasteiger partial charge is 0.383 e. The molecule has 1 heterocycles. The fourth-order valence-electron chi connectivity index (χ4n) is 2.22. The lowest BCUT2D eigenvalue weighted by atomic mass is 10.2. The van der Waals surface area contributed by atoms with Gasteiger partial charge in [0.25, 0.3) is 0 Å². The van der Waals surface area contributed by atoms with Gasteiger partial charge in [-0.15, -0.1) is 0 Å². The molecule has 0 spiro atoms. The Balaban J connectivity index is 1.77. The van der Waals surface area contributed by atoms with Gasteiger partial charge in [0.15, 0.2) is 0 Å². The molecule has 1 aliphatic heterocycles. The van der Waals surface area contributed by atoms with E-state index in [1.54, 1.807) is 6.07 Å². The van der Waals surface area contributed by atoms with Crippen LogP contribution in [0.5, 0.6) is 0 Å². The number of anilines is 1. The maximum atomic E-state index is 13.3. The molecule has 0 radical (unpaired) electrons. The highest BCUT2D eigenvalue weighted by molar-refractivity contribution is 5.50. The summed E-state index contributed by atoms with van der Waals surface area (Å²) in [5, 5.41) is 3.32. The third kappa shape index (κ3) is 3.43. The minimum absolute atomic E-state index is 0.139. The van der Waals surface area contributed by atoms with E-state index in [-0.39, 0.29) is 5.82 Å². The van der Waals surface area contributed by atoms with E-state index in [0.717, 1.165) is 45.0 Å². The lowest BCUT2D eigenvalue weighted by Gasteiger charge is -2.32. The van der Waals surface area contributed by atoms with Gasteiger partial charge < -0.3 is 10.2 Å². The molecule has 18 heavy (non-hydrogen) atoms. The van der Waals surface area contributed by atoms with Crippen molar-refractivity contribution in [3.8, 4) is 0 Å². The highest BCUT2D eigenvalue weighted by Crippen LogP contribution is 2.16. The summed E-state index contributed by atoms with van der Waals surface area (Å²) in [6.07, 6.45) is 0. The Labute approximate surface area is 109 Å². The van der Waals surface area contributed by atoms with Gasteiger partial charge in [0.05, 0.1) is 0 Å². The Morgan fingerprint density at radius 3 is 2.67 bits per heavy atom. The zero-order valence-corrected chi connectivity index (χ0v) is 11.2. The number of nitrogens with zero attached hydrogens (tertiary/aromatic N) is 2. The highest BCUT2D eigenvalue weighted by Gasteiger charge is 2.12. The summed E-state index contributed by atoms with van der Waals surface area (Å²) in [5.74, 6) is -0.139. The van der Waals surface area contributed by atoms with E-state index in [0.29, 0.717) is 5.56 Å². The maximum Gasteiger partial charge on any atom is 0.128 e. The normalized spacial score (nSPS) is 17.9. The third-order valence-corrected chi connectivity index (χ3v) is 3.61. The molecule has 2 rings (SSSR count). The summed E-state index contributed by atoms with van der Waals surface area (Å²) in [7, 11) is 2.16. The van der Waals surface area contributed by atoms with Gasteiger partial charge in [-0.2, -0.15) is 0 Å². The molecule has 1 aliphatic rings. The molecule has 1 fully saturated rings. The number of hydrogen-bond acceptors (Lipinski definition) is 3. The lowest BCUT2D eigenvalue weighted by molar-refractivity contribution is 0.158. The molecule has 0 atom stereocenters. The van der Waals surface area contributed by atoms with Crippen LogP contribution in [0.4, 0.5) is 10.1 Å². The van der Waals surface area contributed by atoms with Crippen LogP contribution in [-0.2, 0) is 0 Å². The fourth-order valence-corrected chi connectivity index (χ4v) is 2.22. The molecule has 0 aliphatic carbocycles. The highest BCUT2D eigenvalue weighted by atomic mass is 19.1. The topological polar surface area (TPSA) is 18.5 Å². The summed E-state index contributed by atoms with van der Waals surface area (Å²) in [4.78, 5) is 4.79. The first-order valence-corrected chi connectivity index (χ1v) is 6.56. The molecule has 1 saturated heterocycles. The van der Waals surface area contributed by atoms with E-state index < -0.39 is 0 Å². The van der Waals surface area contributed by atoms with Gasteiger partial charge in [0.2, 0.25) is 0 Å². The number of likely N-dealkylation sites (N-methyl/N-ethyl adjacent to an activating group) is 1. The Morgan fingerprint density at radius 1 is 1.22 bits per heavy atom. The number of halogens is 1. The van der Waals surface area contributed by atoms with Gasteiger partial charge in [-0.1, -0.05) is 6.07 Å². The molecule has 4 heteroatoms. The van der Waals surface area contributed by atoms with Crippen LogP contribution in [-0.4, -0.2) is 56.1 Å². The Bertz CT molecular complexity index is 387. The standard InChI is InChI=1S/C14H22FN3/c1-12-13(15)4-3-5-14(12)16-6-7-18-10-8-17(2)9-11-18/h3-5,16H,6-11H2,1-2H3. The number of nitrogens with one attached hydrogen (secondary N) is 1. The van der Waals surface area contributed by atoms with Crippen LogP contribution in [0.25, 0.3) is 0 Å². The van der Waals surface area contributed by atoms with Crippen LogP contribution in [0, 0.1) is 12.7 Å². The molecule has 3 nitrogen and oxygen atoms in total. The van der Waals surface area contributed by atoms with Crippen LogP contribution in [0.2, 0.25) is 0 Å². The van der Waals surface area contributed by atoms with Crippen LogP contribution in [0.1, 0.15) is 5.56 Å². The summed E-state index contributed by atoms with van der Waals surface area (Å²) in [5.41, 5.74) is 1.61. The van der Waals surface area contributed by atoms with Crippen LogP contribution in [0.3, 0.4) is 0 Å². The number of hydrogen-bond donors (Lipinski definition) is 1. The number of rotatable bonds is 4. The molecule has 1 aromatic rings. The van der Waals surface area contributed by atoms with Crippen molar-refractivity contribution in [1.29, 1.82) is 0 Å². The smallest absolute Gasteiger partial charge is 0.128 e. The Morgan fingerprint density at radius 2 is 1.94 bits per heavy atom. The van der Waals surface area contributed by atoms with Crippen molar-refractivity contribution in [2.75, 3.05) is 51.6 Å². The van der Waals surface area contributed by atoms with Crippen LogP contribution >= 0.6 is 0 Å². The fraction of sp³-hybridized carbons (Fsp3) is 0.571. The molecule has 0 aromatic heterocycles. The van der Waals surface area contributed by atoms with Gasteiger partial charge in [-0.25, -0.2) is 4.39 Å². The van der Waals surface area contributed by atoms with Gasteiger partial charge in [-0.05, 0) is 26.1 Å². The van der Waals surface area contributed by atoms with Crippen LogP contribution in [0.15, 0.2) is 18.2 Å². The quantitative estimate of drug-likeness (QED) is 0.880. The maximum absolute atomic E-state index is 13.3. The number of piperazine rings is 1. The van der Waals surface area contributed by atoms with Crippen molar-refractivity contribution in [3.05, 3.63) is 29.6 Å². The van der Waals surface area contributed by atoms with E-state index in [2.05, 4.69) is 22.2 Å². The summed E-state index contributed by atoms with van der Waals surface area (Å²) in [6, 6.07) is 5.18. The summed E-state index contributed by atoms with van der Waals surface area (Å²) < 4.78 is 13.3. The second-order valence-electron chi connectivity index (χ2n) is 4.98. The monoisotopic (exact) mass is 251 g/mol. The van der Waals surface area contributed by atoms with Gasteiger partial charge >= 0.3 is 0 Å². The van der Waals surface area contributed by atoms with Gasteiger partial charge in [-0.3, -0.25) is 4.90 Å². The van der Waals surface area contributed by atoms with E-state index in [1.807, 2.05) is 13.0 Å². The first-order valence-electron chi connectivity index (χ1n) is 6.56. The van der Waals surface area contributed by atoms with Crippen molar-refractivity contribution in [3.63, 3.8) is 0 Å². The number of benzene rings is 1. The molecular weight excluding hydrogens is 229 g/mol. The minimum atomic E-state index is -0.139. The molecule has 1 N–H and O–H groups in total. The molecule has 0 bridgehead atoms. The molecule has 0 saturated carbocycles. The van der Waals surface area contributed by atoms with E-state index in [4.69, 9.17) is 0 Å². The van der Waals surface area contributed by atoms with Crippen molar-refractivity contribution in [2.24, 2.45) is 0 Å². The van der Waals surface area contributed by atoms with Crippen molar-refractivity contribution in [1.82, 2.24) is 9.80 Å². The first kappa shape index (κ1) is 13.3. The molecule has 0 unspecified atom stereocenters. The van der Waals surface area contributed by atoms with Crippen molar-refractivity contribution in [2.45, 2.75) is 6.92 Å². The third-order valence-electron chi connectivity index (χ3n) is 3.61. The molecule has 1 aromatic carbocycles. The zero-order valence-electron chi connectivity index (χ0n) is 11.2. The van der Waals surface area contributed by atoms with Gasteiger partial charge in [0.1, 0.15) is 5.82 Å². The van der Waals surface area contributed by atoms with Crippen molar-refractivity contribution >= 4 is 5.69 Å². The zero-order chi connectivity index (χ0) is 13.0. The minimum Gasteiger partial charge on any atom is -0.383 e. The summed E-state index contributed by atoms with van der Waals surface area (Å²) >= 11 is 0. The second-order valence-corrected chi connectivity index (χ2v) is 4.98. The second kappa shape index (κ2) is 6.16. The SMILES string of the molecule is Cc1c(F)cccc1NCCN1CCN(C)CC1. The van der Waals surface area contributed by atoms with E-state index in [1.165, 1.54) is 6.07 Å². The molecule has 0 amide bonds. The average Bonchev–Trinajstić information content (AvgIpc) is 2.37. The predicted octanol–water partition coefficient (Wildman–Crippen LogP) is 1.79. The summed E-state index contributed by atoms with van der Waals surface area (Å²) in [6.45, 7) is 8.23. The molecule has 100 valence electrons. The van der Waals surface area contributed by atoms with Crippen molar-refractivity contribution < 1.29 is 4.39 Å². The van der Waals surface area contributed by atoms with Crippen LogP contribution < -0.4 is 5.32 Å². The van der Waals surface area contributed by atoms with E-state index >= 15 is 0 Å². The lowest BCUT2D eigenvalue weighted by Crippen LogP contribution is -2.45. The predicted molar refractivity (Wildman–Crippen MR) is 73.6 cm³/mol. The average molecular weight is 251 g/mol. The Hall–Kier alpha value is -1.13. The van der Waals surface area contributed by atoms with Gasteiger partial charge in [0, 0.05) is 50.5 Å². The van der Waals surface area contributed by atoms with E-state index in [9.17, 15) is 4.39 Å².